The Kier molecular flexibility index (Phi) is 5.36. The predicted molar refractivity (Wildman–Crippen MR) is 82.2 cm³/mol. The molecule has 1 aromatic carbocycles. The van der Waals surface area contributed by atoms with Gasteiger partial charge in [0.25, 0.3) is 0 Å². The lowest BCUT2D eigenvalue weighted by Gasteiger charge is -2.19. The van der Waals surface area contributed by atoms with Crippen molar-refractivity contribution in [2.24, 2.45) is 5.92 Å². The van der Waals surface area contributed by atoms with E-state index in [4.69, 9.17) is 0 Å². The molecule has 1 aromatic rings. The summed E-state index contributed by atoms with van der Waals surface area (Å²) in [4.78, 5) is 14.3. The number of nitrogens with one attached hydrogen (secondary N) is 1. The minimum Gasteiger partial charge on any atom is -0.352 e. The highest BCUT2D eigenvalue weighted by molar-refractivity contribution is 5.79. The highest BCUT2D eigenvalue weighted by Gasteiger charge is 2.18. The van der Waals surface area contributed by atoms with E-state index in [0.717, 1.165) is 25.8 Å². The van der Waals surface area contributed by atoms with E-state index < -0.39 is 0 Å². The fourth-order valence-electron chi connectivity index (χ4n) is 2.58. The summed E-state index contributed by atoms with van der Waals surface area (Å²) in [5.41, 5.74) is 2.49. The lowest BCUT2D eigenvalue weighted by Crippen LogP contribution is -2.31. The van der Waals surface area contributed by atoms with Gasteiger partial charge in [-0.05, 0) is 44.5 Å². The molecular formula is C17H24N2O. The van der Waals surface area contributed by atoms with Crippen molar-refractivity contribution in [3.05, 3.63) is 47.5 Å². The minimum atomic E-state index is 0.154. The zero-order chi connectivity index (χ0) is 14.4. The number of hydrogen-bond donors (Lipinski definition) is 1. The maximum Gasteiger partial charge on any atom is 0.223 e. The maximum absolute atomic E-state index is 12.1. The molecule has 3 heteroatoms. The lowest BCUT2D eigenvalue weighted by atomic mass is 9.93. The quantitative estimate of drug-likeness (QED) is 0.836. The van der Waals surface area contributed by atoms with Crippen molar-refractivity contribution < 1.29 is 4.79 Å². The molecule has 1 atom stereocenters. The largest absolute Gasteiger partial charge is 0.352 e. The summed E-state index contributed by atoms with van der Waals surface area (Å²) in [6, 6.07) is 8.31. The first-order valence-corrected chi connectivity index (χ1v) is 7.31. The summed E-state index contributed by atoms with van der Waals surface area (Å²) >= 11 is 0. The number of allylic oxidation sites excluding steroid dienone is 2. The second kappa shape index (κ2) is 7.25. The van der Waals surface area contributed by atoms with Gasteiger partial charge in [-0.2, -0.15) is 0 Å². The second-order valence-corrected chi connectivity index (χ2v) is 5.71. The molecule has 108 valence electrons. The van der Waals surface area contributed by atoms with E-state index >= 15 is 0 Å². The Morgan fingerprint density at radius 2 is 2.00 bits per heavy atom. The highest BCUT2D eigenvalue weighted by atomic mass is 16.1. The van der Waals surface area contributed by atoms with Gasteiger partial charge in [0.15, 0.2) is 0 Å². The van der Waals surface area contributed by atoms with Crippen LogP contribution in [0.25, 0.3) is 0 Å². The normalized spacial score (nSPS) is 18.2. The van der Waals surface area contributed by atoms with Gasteiger partial charge in [-0.3, -0.25) is 4.79 Å². The molecule has 1 N–H and O–H groups in total. The van der Waals surface area contributed by atoms with Crippen LogP contribution in [0.4, 0.5) is 0 Å². The summed E-state index contributed by atoms with van der Waals surface area (Å²) in [6.07, 6.45) is 7.16. The number of nitrogens with zero attached hydrogens (tertiary/aromatic N) is 1. The van der Waals surface area contributed by atoms with Gasteiger partial charge in [0, 0.05) is 19.0 Å². The third-order valence-electron chi connectivity index (χ3n) is 3.70. The van der Waals surface area contributed by atoms with Gasteiger partial charge in [-0.15, -0.1) is 0 Å². The highest BCUT2D eigenvalue weighted by Crippen LogP contribution is 2.18. The van der Waals surface area contributed by atoms with Crippen molar-refractivity contribution in [1.82, 2.24) is 10.2 Å². The van der Waals surface area contributed by atoms with E-state index in [1.54, 1.807) is 0 Å². The van der Waals surface area contributed by atoms with E-state index in [0.29, 0.717) is 6.54 Å². The number of benzene rings is 1. The van der Waals surface area contributed by atoms with Crippen molar-refractivity contribution >= 4 is 5.91 Å². The van der Waals surface area contributed by atoms with Gasteiger partial charge in [-0.1, -0.05) is 36.4 Å². The van der Waals surface area contributed by atoms with Crippen molar-refractivity contribution in [2.75, 3.05) is 14.1 Å². The van der Waals surface area contributed by atoms with E-state index in [1.165, 1.54) is 11.1 Å². The molecule has 0 heterocycles. The van der Waals surface area contributed by atoms with Crippen molar-refractivity contribution in [3.8, 4) is 0 Å². The van der Waals surface area contributed by atoms with Gasteiger partial charge in [-0.25, -0.2) is 0 Å². The van der Waals surface area contributed by atoms with Crippen LogP contribution in [0, 0.1) is 5.92 Å². The van der Waals surface area contributed by atoms with E-state index in [-0.39, 0.29) is 11.8 Å². The third kappa shape index (κ3) is 4.20. The fourth-order valence-corrected chi connectivity index (χ4v) is 2.58. The fraction of sp³-hybridized carbons (Fsp3) is 0.471. The molecule has 2 rings (SSSR count). The first-order valence-electron chi connectivity index (χ1n) is 7.31. The number of amides is 1. The Balaban J connectivity index is 1.93. The maximum atomic E-state index is 12.1. The first-order chi connectivity index (χ1) is 9.66. The van der Waals surface area contributed by atoms with Crippen LogP contribution in [0.5, 0.6) is 0 Å². The summed E-state index contributed by atoms with van der Waals surface area (Å²) in [7, 11) is 4.12. The Morgan fingerprint density at radius 3 is 2.65 bits per heavy atom. The van der Waals surface area contributed by atoms with Gasteiger partial charge in [0.2, 0.25) is 5.91 Å². The number of carbonyl (C=O) groups is 1. The molecule has 0 spiro atoms. The van der Waals surface area contributed by atoms with Crippen molar-refractivity contribution in [3.63, 3.8) is 0 Å². The van der Waals surface area contributed by atoms with Gasteiger partial charge >= 0.3 is 0 Å². The van der Waals surface area contributed by atoms with E-state index in [2.05, 4.69) is 54.7 Å². The molecule has 20 heavy (non-hydrogen) atoms. The van der Waals surface area contributed by atoms with Gasteiger partial charge < -0.3 is 10.2 Å². The number of rotatable bonds is 5. The lowest BCUT2D eigenvalue weighted by molar-refractivity contribution is -0.125. The van der Waals surface area contributed by atoms with Crippen LogP contribution >= 0.6 is 0 Å². The van der Waals surface area contributed by atoms with Crippen LogP contribution in [-0.4, -0.2) is 24.9 Å². The SMILES string of the molecule is CN(C)Cc1ccccc1CNC(=O)C1CC=CCC1. The summed E-state index contributed by atoms with van der Waals surface area (Å²) < 4.78 is 0. The Bertz CT molecular complexity index is 480. The second-order valence-electron chi connectivity index (χ2n) is 5.71. The van der Waals surface area contributed by atoms with E-state index in [1.807, 2.05) is 6.07 Å². The monoisotopic (exact) mass is 272 g/mol. The Morgan fingerprint density at radius 1 is 1.25 bits per heavy atom. The average Bonchev–Trinajstić information content (AvgIpc) is 2.46. The summed E-state index contributed by atoms with van der Waals surface area (Å²) in [5, 5.41) is 3.09. The van der Waals surface area contributed by atoms with E-state index in [9.17, 15) is 4.79 Å². The zero-order valence-electron chi connectivity index (χ0n) is 12.4. The van der Waals surface area contributed by atoms with Crippen LogP contribution in [0.3, 0.4) is 0 Å². The van der Waals surface area contributed by atoms with Crippen LogP contribution in [0.1, 0.15) is 30.4 Å². The molecule has 0 saturated carbocycles. The summed E-state index contributed by atoms with van der Waals surface area (Å²) in [5.74, 6) is 0.343. The first kappa shape index (κ1) is 14.8. The minimum absolute atomic E-state index is 0.154. The van der Waals surface area contributed by atoms with Crippen LogP contribution in [0.2, 0.25) is 0 Å². The number of hydrogen-bond acceptors (Lipinski definition) is 2. The van der Waals surface area contributed by atoms with Crippen LogP contribution < -0.4 is 5.32 Å². The molecule has 0 fully saturated rings. The standard InChI is InChI=1S/C17H24N2O/c1-19(2)13-16-11-7-6-10-15(16)12-18-17(20)14-8-4-3-5-9-14/h3-4,6-7,10-11,14H,5,8-9,12-13H2,1-2H3,(H,18,20). The Hall–Kier alpha value is -1.61. The van der Waals surface area contributed by atoms with Crippen LogP contribution in [0.15, 0.2) is 36.4 Å². The molecule has 0 saturated heterocycles. The van der Waals surface area contributed by atoms with Crippen LogP contribution in [-0.2, 0) is 17.9 Å². The molecule has 1 aliphatic carbocycles. The third-order valence-corrected chi connectivity index (χ3v) is 3.70. The van der Waals surface area contributed by atoms with Gasteiger partial charge in [0.05, 0.1) is 0 Å². The Labute approximate surface area is 121 Å². The summed E-state index contributed by atoms with van der Waals surface area (Å²) in [6.45, 7) is 1.53. The molecule has 0 radical (unpaired) electrons. The molecule has 0 bridgehead atoms. The number of carbonyl (C=O) groups excluding carboxylic acids is 1. The average molecular weight is 272 g/mol. The van der Waals surface area contributed by atoms with Gasteiger partial charge in [0.1, 0.15) is 0 Å². The molecule has 3 nitrogen and oxygen atoms in total. The molecule has 1 amide bonds. The molecule has 1 aliphatic rings. The zero-order valence-corrected chi connectivity index (χ0v) is 12.4. The molecule has 0 aliphatic heterocycles. The molecule has 1 unspecified atom stereocenters. The molecular weight excluding hydrogens is 248 g/mol. The van der Waals surface area contributed by atoms with Crippen molar-refractivity contribution in [1.29, 1.82) is 0 Å². The predicted octanol–water partition coefficient (Wildman–Crippen LogP) is 2.72. The topological polar surface area (TPSA) is 32.3 Å². The smallest absolute Gasteiger partial charge is 0.223 e. The van der Waals surface area contributed by atoms with Crippen molar-refractivity contribution in [2.45, 2.75) is 32.4 Å². The molecule has 0 aromatic heterocycles.